The standard InChI is InChI=1S/C17H18BrNO2/c1-12(9-13-5-3-8-16(10-13)21-2)19-17(20)14-6-4-7-15(18)11-14/h3-8,10-12H,9H2,1-2H3,(H,19,20). The van der Waals surface area contributed by atoms with Gasteiger partial charge in [0.05, 0.1) is 7.11 Å². The van der Waals surface area contributed by atoms with E-state index in [4.69, 9.17) is 4.74 Å². The van der Waals surface area contributed by atoms with E-state index in [9.17, 15) is 4.79 Å². The SMILES string of the molecule is COc1cccc(CC(C)NC(=O)c2cccc(Br)c2)c1. The van der Waals surface area contributed by atoms with E-state index in [2.05, 4.69) is 21.2 Å². The summed E-state index contributed by atoms with van der Waals surface area (Å²) in [6.07, 6.45) is 0.761. The molecule has 1 atom stereocenters. The zero-order valence-electron chi connectivity index (χ0n) is 12.1. The highest BCUT2D eigenvalue weighted by molar-refractivity contribution is 9.10. The Balaban J connectivity index is 1.97. The first-order valence-electron chi connectivity index (χ1n) is 6.78. The molecule has 0 bridgehead atoms. The first kappa shape index (κ1) is 15.6. The van der Waals surface area contributed by atoms with Gasteiger partial charge >= 0.3 is 0 Å². The Morgan fingerprint density at radius 3 is 2.71 bits per heavy atom. The van der Waals surface area contributed by atoms with Crippen molar-refractivity contribution in [2.24, 2.45) is 0 Å². The molecule has 3 nitrogen and oxygen atoms in total. The predicted octanol–water partition coefficient (Wildman–Crippen LogP) is 3.82. The maximum absolute atomic E-state index is 12.2. The van der Waals surface area contributed by atoms with Crippen LogP contribution in [0.4, 0.5) is 0 Å². The lowest BCUT2D eigenvalue weighted by Gasteiger charge is -2.14. The van der Waals surface area contributed by atoms with Gasteiger partial charge in [-0.1, -0.05) is 34.1 Å². The van der Waals surface area contributed by atoms with Gasteiger partial charge in [-0.2, -0.15) is 0 Å². The third-order valence-electron chi connectivity index (χ3n) is 3.14. The predicted molar refractivity (Wildman–Crippen MR) is 87.8 cm³/mol. The highest BCUT2D eigenvalue weighted by Gasteiger charge is 2.11. The van der Waals surface area contributed by atoms with Gasteiger partial charge in [-0.25, -0.2) is 0 Å². The molecule has 0 fully saturated rings. The molecule has 0 aliphatic carbocycles. The van der Waals surface area contributed by atoms with E-state index in [0.29, 0.717) is 5.56 Å². The van der Waals surface area contributed by atoms with Crippen LogP contribution in [0.5, 0.6) is 5.75 Å². The molecule has 0 radical (unpaired) electrons. The lowest BCUT2D eigenvalue weighted by atomic mass is 10.1. The van der Waals surface area contributed by atoms with E-state index >= 15 is 0 Å². The fourth-order valence-electron chi connectivity index (χ4n) is 2.14. The third kappa shape index (κ3) is 4.60. The van der Waals surface area contributed by atoms with Crippen molar-refractivity contribution in [3.8, 4) is 5.75 Å². The van der Waals surface area contributed by atoms with Crippen LogP contribution < -0.4 is 10.1 Å². The number of ether oxygens (including phenoxy) is 1. The van der Waals surface area contributed by atoms with Crippen LogP contribution in [0.25, 0.3) is 0 Å². The normalized spacial score (nSPS) is 11.8. The summed E-state index contributed by atoms with van der Waals surface area (Å²) in [6, 6.07) is 15.3. The summed E-state index contributed by atoms with van der Waals surface area (Å²) in [5.74, 6) is 0.768. The van der Waals surface area contributed by atoms with Crippen LogP contribution in [0.3, 0.4) is 0 Å². The fraction of sp³-hybridized carbons (Fsp3) is 0.235. The zero-order valence-corrected chi connectivity index (χ0v) is 13.7. The van der Waals surface area contributed by atoms with Crippen molar-refractivity contribution in [1.29, 1.82) is 0 Å². The molecular weight excluding hydrogens is 330 g/mol. The van der Waals surface area contributed by atoms with Crippen LogP contribution in [0.15, 0.2) is 53.0 Å². The molecule has 2 aromatic rings. The highest BCUT2D eigenvalue weighted by Crippen LogP contribution is 2.15. The number of benzene rings is 2. The number of hydrogen-bond acceptors (Lipinski definition) is 2. The summed E-state index contributed by atoms with van der Waals surface area (Å²) >= 11 is 3.37. The monoisotopic (exact) mass is 347 g/mol. The van der Waals surface area contributed by atoms with Crippen molar-refractivity contribution in [3.05, 3.63) is 64.1 Å². The second-order valence-corrected chi connectivity index (χ2v) is 5.86. The molecule has 0 heterocycles. The summed E-state index contributed by atoms with van der Waals surface area (Å²) < 4.78 is 6.11. The molecule has 0 aliphatic heterocycles. The first-order chi connectivity index (χ1) is 10.1. The van der Waals surface area contributed by atoms with Crippen LogP contribution in [-0.2, 0) is 6.42 Å². The molecular formula is C17H18BrNO2. The number of hydrogen-bond donors (Lipinski definition) is 1. The third-order valence-corrected chi connectivity index (χ3v) is 3.63. The topological polar surface area (TPSA) is 38.3 Å². The van der Waals surface area contributed by atoms with Crippen molar-refractivity contribution >= 4 is 21.8 Å². The van der Waals surface area contributed by atoms with E-state index in [0.717, 1.165) is 22.2 Å². The number of carbonyl (C=O) groups excluding carboxylic acids is 1. The highest BCUT2D eigenvalue weighted by atomic mass is 79.9. The van der Waals surface area contributed by atoms with Gasteiger partial charge in [0.15, 0.2) is 0 Å². The largest absolute Gasteiger partial charge is 0.497 e. The van der Waals surface area contributed by atoms with Gasteiger partial charge in [-0.15, -0.1) is 0 Å². The van der Waals surface area contributed by atoms with E-state index in [-0.39, 0.29) is 11.9 Å². The van der Waals surface area contributed by atoms with Crippen LogP contribution in [-0.4, -0.2) is 19.1 Å². The average Bonchev–Trinajstić information content (AvgIpc) is 2.47. The number of methoxy groups -OCH3 is 1. The van der Waals surface area contributed by atoms with Gasteiger partial charge in [0.1, 0.15) is 5.75 Å². The van der Waals surface area contributed by atoms with Crippen LogP contribution in [0, 0.1) is 0 Å². The first-order valence-corrected chi connectivity index (χ1v) is 7.57. The Labute approximate surface area is 133 Å². The zero-order chi connectivity index (χ0) is 15.2. The van der Waals surface area contributed by atoms with Gasteiger partial charge < -0.3 is 10.1 Å². The number of nitrogens with one attached hydrogen (secondary N) is 1. The second kappa shape index (κ2) is 7.27. The van der Waals surface area contributed by atoms with Crippen LogP contribution in [0.2, 0.25) is 0 Å². The maximum atomic E-state index is 12.2. The fourth-order valence-corrected chi connectivity index (χ4v) is 2.54. The summed E-state index contributed by atoms with van der Waals surface area (Å²) in [5, 5.41) is 3.01. The maximum Gasteiger partial charge on any atom is 0.251 e. The molecule has 4 heteroatoms. The van der Waals surface area contributed by atoms with Crippen LogP contribution >= 0.6 is 15.9 Å². The van der Waals surface area contributed by atoms with Crippen molar-refractivity contribution in [3.63, 3.8) is 0 Å². The number of rotatable bonds is 5. The molecule has 0 saturated heterocycles. The Morgan fingerprint density at radius 2 is 2.00 bits per heavy atom. The van der Waals surface area contributed by atoms with Gasteiger partial charge in [0, 0.05) is 16.1 Å². The molecule has 0 aliphatic rings. The molecule has 2 rings (SSSR count). The minimum absolute atomic E-state index is 0.0450. The van der Waals surface area contributed by atoms with Crippen molar-refractivity contribution in [1.82, 2.24) is 5.32 Å². The molecule has 21 heavy (non-hydrogen) atoms. The van der Waals surface area contributed by atoms with Gasteiger partial charge in [-0.05, 0) is 49.2 Å². The smallest absolute Gasteiger partial charge is 0.251 e. The Kier molecular flexibility index (Phi) is 5.39. The van der Waals surface area contributed by atoms with Gasteiger partial charge in [-0.3, -0.25) is 4.79 Å². The van der Waals surface area contributed by atoms with Gasteiger partial charge in [0.25, 0.3) is 5.91 Å². The molecule has 0 aromatic heterocycles. The second-order valence-electron chi connectivity index (χ2n) is 4.94. The number of carbonyl (C=O) groups is 1. The van der Waals surface area contributed by atoms with Crippen molar-refractivity contribution in [2.75, 3.05) is 7.11 Å². The van der Waals surface area contributed by atoms with E-state index < -0.39 is 0 Å². The number of halogens is 1. The molecule has 2 aromatic carbocycles. The summed E-state index contributed by atoms with van der Waals surface area (Å²) in [7, 11) is 1.65. The molecule has 1 N–H and O–H groups in total. The molecule has 1 amide bonds. The van der Waals surface area contributed by atoms with Gasteiger partial charge in [0.2, 0.25) is 0 Å². The average molecular weight is 348 g/mol. The molecule has 0 spiro atoms. The molecule has 110 valence electrons. The Hall–Kier alpha value is -1.81. The number of amides is 1. The van der Waals surface area contributed by atoms with Crippen molar-refractivity contribution < 1.29 is 9.53 Å². The summed E-state index contributed by atoms with van der Waals surface area (Å²) in [4.78, 5) is 12.2. The van der Waals surface area contributed by atoms with E-state index in [1.54, 1.807) is 13.2 Å². The quantitative estimate of drug-likeness (QED) is 0.892. The Morgan fingerprint density at radius 1 is 1.24 bits per heavy atom. The minimum atomic E-state index is -0.0632. The lowest BCUT2D eigenvalue weighted by molar-refractivity contribution is 0.0940. The lowest BCUT2D eigenvalue weighted by Crippen LogP contribution is -2.34. The van der Waals surface area contributed by atoms with E-state index in [1.165, 1.54) is 0 Å². The van der Waals surface area contributed by atoms with Crippen LogP contribution in [0.1, 0.15) is 22.8 Å². The van der Waals surface area contributed by atoms with E-state index in [1.807, 2.05) is 49.4 Å². The van der Waals surface area contributed by atoms with Crippen molar-refractivity contribution in [2.45, 2.75) is 19.4 Å². The molecule has 1 unspecified atom stereocenters. The minimum Gasteiger partial charge on any atom is -0.497 e. The molecule has 0 saturated carbocycles. The Bertz CT molecular complexity index is 628. The summed E-state index contributed by atoms with van der Waals surface area (Å²) in [5.41, 5.74) is 1.79. The summed E-state index contributed by atoms with van der Waals surface area (Å²) in [6.45, 7) is 2.00.